The third kappa shape index (κ3) is 3.56. The SMILES string of the molecule is O=C(O)c1c#cc2c(c1)nc(Nc1ccccc1Oc1ccccc1)c1ccncc12. The number of carbonyl (C=O) groups is 1. The first kappa shape index (κ1) is 18.4. The van der Waals surface area contributed by atoms with E-state index in [1.807, 2.05) is 60.7 Å². The summed E-state index contributed by atoms with van der Waals surface area (Å²) in [5.74, 6) is 0.831. The Labute approximate surface area is 177 Å². The molecule has 0 amide bonds. The average Bonchev–Trinajstić information content (AvgIpc) is 2.81. The van der Waals surface area contributed by atoms with Crippen molar-refractivity contribution >= 4 is 39.1 Å². The highest BCUT2D eigenvalue weighted by molar-refractivity contribution is 6.10. The number of nitrogens with one attached hydrogen (secondary N) is 1. The number of benzene rings is 2. The molecule has 0 unspecified atom stereocenters. The van der Waals surface area contributed by atoms with Crippen LogP contribution >= 0.6 is 0 Å². The maximum Gasteiger partial charge on any atom is 0.344 e. The van der Waals surface area contributed by atoms with Gasteiger partial charge in [-0.05, 0) is 36.4 Å². The Morgan fingerprint density at radius 3 is 2.61 bits per heavy atom. The first-order chi connectivity index (χ1) is 15.2. The first-order valence-corrected chi connectivity index (χ1v) is 9.53. The van der Waals surface area contributed by atoms with Crippen LogP contribution in [-0.2, 0) is 0 Å². The fraction of sp³-hybridized carbons (Fsp3) is 0. The molecule has 0 atom stereocenters. The zero-order valence-electron chi connectivity index (χ0n) is 16.2. The van der Waals surface area contributed by atoms with E-state index in [1.165, 1.54) is 6.07 Å². The lowest BCUT2D eigenvalue weighted by Crippen LogP contribution is -2.00. The highest BCUT2D eigenvalue weighted by atomic mass is 16.5. The van der Waals surface area contributed by atoms with Crippen molar-refractivity contribution in [2.45, 2.75) is 0 Å². The van der Waals surface area contributed by atoms with E-state index >= 15 is 0 Å². The van der Waals surface area contributed by atoms with Crippen molar-refractivity contribution < 1.29 is 14.6 Å². The van der Waals surface area contributed by atoms with Crippen LogP contribution < -0.4 is 10.1 Å². The maximum atomic E-state index is 11.4. The minimum atomic E-state index is -1.08. The van der Waals surface area contributed by atoms with Gasteiger partial charge in [-0.25, -0.2) is 9.78 Å². The lowest BCUT2D eigenvalue weighted by atomic mass is 10.1. The van der Waals surface area contributed by atoms with Crippen LogP contribution in [0.15, 0.2) is 79.1 Å². The Kier molecular flexibility index (Phi) is 4.54. The molecule has 0 bridgehead atoms. The minimum Gasteiger partial charge on any atom is -0.477 e. The van der Waals surface area contributed by atoms with Crippen LogP contribution in [-0.4, -0.2) is 21.0 Å². The van der Waals surface area contributed by atoms with Gasteiger partial charge in [-0.1, -0.05) is 42.5 Å². The molecule has 2 N–H and O–H groups in total. The van der Waals surface area contributed by atoms with Crippen LogP contribution in [0.5, 0.6) is 11.5 Å². The number of pyridine rings is 2. The van der Waals surface area contributed by atoms with E-state index in [2.05, 4.69) is 27.4 Å². The van der Waals surface area contributed by atoms with Gasteiger partial charge in [0.1, 0.15) is 17.1 Å². The number of carboxylic acids is 1. The second-order valence-electron chi connectivity index (χ2n) is 6.79. The van der Waals surface area contributed by atoms with Crippen LogP contribution in [0.1, 0.15) is 10.4 Å². The molecule has 0 aliphatic carbocycles. The second-order valence-corrected chi connectivity index (χ2v) is 6.79. The van der Waals surface area contributed by atoms with Crippen molar-refractivity contribution in [1.82, 2.24) is 9.97 Å². The Morgan fingerprint density at radius 1 is 0.968 bits per heavy atom. The molecule has 148 valence electrons. The van der Waals surface area contributed by atoms with E-state index < -0.39 is 5.97 Å². The molecule has 6 nitrogen and oxygen atoms in total. The number of rotatable bonds is 5. The smallest absolute Gasteiger partial charge is 0.344 e. The fourth-order valence-electron chi connectivity index (χ4n) is 3.33. The number of hydrogen-bond acceptors (Lipinski definition) is 5. The third-order valence-electron chi connectivity index (χ3n) is 4.78. The molecule has 0 aliphatic rings. The van der Waals surface area contributed by atoms with Crippen LogP contribution in [0.25, 0.3) is 21.7 Å². The molecule has 31 heavy (non-hydrogen) atoms. The Morgan fingerprint density at radius 2 is 1.77 bits per heavy atom. The van der Waals surface area contributed by atoms with Gasteiger partial charge >= 0.3 is 5.97 Å². The number of fused-ring (bicyclic) bond motifs is 3. The van der Waals surface area contributed by atoms with Crippen LogP contribution in [0.4, 0.5) is 11.5 Å². The standard InChI is InChI=1S/C25H15N3O3/c29-25(30)16-10-11-18-20-15-26-13-12-19(20)24(28-22(18)14-16)27-21-8-4-5-9-23(21)31-17-6-2-1-3-7-17/h1-9,12-15H,(H,27,28)(H,29,30). The van der Waals surface area contributed by atoms with E-state index in [-0.39, 0.29) is 5.56 Å². The van der Waals surface area contributed by atoms with Gasteiger partial charge in [0, 0.05) is 23.2 Å². The molecular weight excluding hydrogens is 390 g/mol. The predicted octanol–water partition coefficient (Wildman–Crippen LogP) is 5.62. The lowest BCUT2D eigenvalue weighted by Gasteiger charge is -2.14. The number of ether oxygens (including phenoxy) is 1. The highest BCUT2D eigenvalue weighted by Gasteiger charge is 2.13. The van der Waals surface area contributed by atoms with Gasteiger partial charge < -0.3 is 15.2 Å². The minimum absolute atomic E-state index is 0.00185. The Hall–Kier alpha value is -4.63. The zero-order valence-corrected chi connectivity index (χ0v) is 16.2. The first-order valence-electron chi connectivity index (χ1n) is 9.53. The fourth-order valence-corrected chi connectivity index (χ4v) is 3.33. The number of carboxylic acid groups (broad SMARTS) is 1. The van der Waals surface area contributed by atoms with E-state index in [9.17, 15) is 9.90 Å². The summed E-state index contributed by atoms with van der Waals surface area (Å²) in [4.78, 5) is 20.3. The summed E-state index contributed by atoms with van der Waals surface area (Å²) in [5.41, 5.74) is 1.21. The normalized spacial score (nSPS) is 10.6. The van der Waals surface area contributed by atoms with E-state index in [4.69, 9.17) is 4.74 Å². The van der Waals surface area contributed by atoms with Gasteiger partial charge in [0.25, 0.3) is 0 Å². The second kappa shape index (κ2) is 7.65. The highest BCUT2D eigenvalue weighted by Crippen LogP contribution is 2.34. The topological polar surface area (TPSA) is 84.3 Å². The predicted molar refractivity (Wildman–Crippen MR) is 118 cm³/mol. The van der Waals surface area contributed by atoms with Crippen LogP contribution in [0, 0.1) is 12.1 Å². The molecule has 0 saturated heterocycles. The van der Waals surface area contributed by atoms with Gasteiger partial charge in [-0.2, -0.15) is 0 Å². The van der Waals surface area contributed by atoms with Crippen molar-refractivity contribution in [2.75, 3.05) is 5.32 Å². The number of anilines is 2. The van der Waals surface area contributed by atoms with Gasteiger partial charge in [0.2, 0.25) is 0 Å². The van der Waals surface area contributed by atoms with Crippen molar-refractivity contribution in [3.05, 3.63) is 96.8 Å². The molecule has 2 heterocycles. The largest absolute Gasteiger partial charge is 0.477 e. The monoisotopic (exact) mass is 405 g/mol. The van der Waals surface area contributed by atoms with Gasteiger partial charge in [-0.3, -0.25) is 4.98 Å². The van der Waals surface area contributed by atoms with Gasteiger partial charge in [0.15, 0.2) is 5.75 Å². The molecule has 5 rings (SSSR count). The van der Waals surface area contributed by atoms with Crippen molar-refractivity contribution in [3.8, 4) is 11.5 Å². The number of nitrogens with zero attached hydrogens (tertiary/aromatic N) is 2. The number of aromatic nitrogens is 2. The van der Waals surface area contributed by atoms with E-state index in [1.54, 1.807) is 12.4 Å². The molecule has 2 aromatic heterocycles. The zero-order chi connectivity index (χ0) is 21.2. The van der Waals surface area contributed by atoms with Gasteiger partial charge in [-0.15, -0.1) is 0 Å². The summed E-state index contributed by atoms with van der Waals surface area (Å²) in [6, 6.07) is 26.0. The van der Waals surface area contributed by atoms with Crippen LogP contribution in [0.2, 0.25) is 0 Å². The van der Waals surface area contributed by atoms with E-state index in [0.717, 1.165) is 16.5 Å². The summed E-state index contributed by atoms with van der Waals surface area (Å²) >= 11 is 0. The molecule has 0 radical (unpaired) electrons. The number of para-hydroxylation sites is 3. The Balaban J connectivity index is 1.63. The average molecular weight is 405 g/mol. The van der Waals surface area contributed by atoms with Crippen LogP contribution in [0.3, 0.4) is 0 Å². The van der Waals surface area contributed by atoms with E-state index in [0.29, 0.717) is 28.2 Å². The number of aromatic carboxylic acids is 1. The molecule has 0 aliphatic heterocycles. The summed E-state index contributed by atoms with van der Waals surface area (Å²) in [6.07, 6.45) is 3.39. The lowest BCUT2D eigenvalue weighted by molar-refractivity contribution is 0.0697. The summed E-state index contributed by atoms with van der Waals surface area (Å²) in [5, 5.41) is 14.9. The quantitative estimate of drug-likeness (QED) is 0.395. The van der Waals surface area contributed by atoms with Crippen molar-refractivity contribution in [1.29, 1.82) is 0 Å². The molecular formula is C25H15N3O3. The molecule has 3 aromatic carbocycles. The van der Waals surface area contributed by atoms with Crippen molar-refractivity contribution in [3.63, 3.8) is 0 Å². The van der Waals surface area contributed by atoms with Gasteiger partial charge in [0.05, 0.1) is 16.6 Å². The number of hydrogen-bond donors (Lipinski definition) is 2. The summed E-state index contributed by atoms with van der Waals surface area (Å²) in [6.45, 7) is 0. The molecule has 0 saturated carbocycles. The Bertz CT molecular complexity index is 1420. The molecule has 0 spiro atoms. The third-order valence-corrected chi connectivity index (χ3v) is 4.78. The molecule has 5 aromatic rings. The molecule has 6 heteroatoms. The summed E-state index contributed by atoms with van der Waals surface area (Å²) < 4.78 is 6.04. The molecule has 0 fully saturated rings. The van der Waals surface area contributed by atoms with Crippen molar-refractivity contribution in [2.24, 2.45) is 0 Å². The summed E-state index contributed by atoms with van der Waals surface area (Å²) in [7, 11) is 0. The maximum absolute atomic E-state index is 11.4.